The fraction of sp³-hybridized carbons (Fsp3) is 0.286. The molecule has 0 radical (unpaired) electrons. The van der Waals surface area contributed by atoms with Gasteiger partial charge in [-0.1, -0.05) is 0 Å². The molecule has 0 spiro atoms. The first-order valence-electron chi connectivity index (χ1n) is 3.61. The summed E-state index contributed by atoms with van der Waals surface area (Å²) in [5.41, 5.74) is 0.848. The number of anilines is 1. The summed E-state index contributed by atoms with van der Waals surface area (Å²) in [6.45, 7) is 0.505. The zero-order valence-corrected chi connectivity index (χ0v) is 6.28. The Labute approximate surface area is 69.1 Å². The zero-order valence-electron chi connectivity index (χ0n) is 6.28. The first-order valence-corrected chi connectivity index (χ1v) is 3.61. The quantitative estimate of drug-likeness (QED) is 0.422. The van der Waals surface area contributed by atoms with Crippen molar-refractivity contribution in [2.75, 3.05) is 5.32 Å². The average Bonchev–Trinajstić information content (AvgIpc) is 2.05. The van der Waals surface area contributed by atoms with Crippen LogP contribution in [0.3, 0.4) is 0 Å². The van der Waals surface area contributed by atoms with Gasteiger partial charge in [0.25, 0.3) is 0 Å². The van der Waals surface area contributed by atoms with Crippen molar-refractivity contribution in [2.45, 2.75) is 12.9 Å². The van der Waals surface area contributed by atoms with Crippen molar-refractivity contribution in [3.05, 3.63) is 17.8 Å². The first-order chi connectivity index (χ1) is 5.75. The third-order valence-corrected chi connectivity index (χ3v) is 1.71. The predicted octanol–water partition coefficient (Wildman–Crippen LogP) is -0.422. The van der Waals surface area contributed by atoms with E-state index >= 15 is 0 Å². The molecule has 0 aromatic carbocycles. The van der Waals surface area contributed by atoms with Gasteiger partial charge in [-0.3, -0.25) is 5.32 Å². The van der Waals surface area contributed by atoms with Gasteiger partial charge in [-0.2, -0.15) is 0 Å². The van der Waals surface area contributed by atoms with Crippen LogP contribution in [0.1, 0.15) is 5.56 Å². The predicted molar refractivity (Wildman–Crippen MR) is 42.4 cm³/mol. The Kier molecular flexibility index (Phi) is 1.60. The standard InChI is InChI=1S/C7H9N3O2/c11-5-1-4-2-9-7(12)10-6(4)8-3-5/h1,3,7,9,11-12H,2H2,(H,8,10). The van der Waals surface area contributed by atoms with Crippen LogP contribution in [0.5, 0.6) is 5.75 Å². The molecule has 0 aliphatic carbocycles. The molecule has 5 nitrogen and oxygen atoms in total. The molecule has 2 rings (SSSR count). The lowest BCUT2D eigenvalue weighted by Gasteiger charge is -2.22. The van der Waals surface area contributed by atoms with E-state index in [0.717, 1.165) is 5.56 Å². The number of aliphatic hydroxyl groups excluding tert-OH is 1. The normalized spacial score (nSPS) is 21.2. The summed E-state index contributed by atoms with van der Waals surface area (Å²) in [6.07, 6.45) is 0.582. The van der Waals surface area contributed by atoms with Gasteiger partial charge >= 0.3 is 0 Å². The molecule has 1 aromatic heterocycles. The molecule has 64 valence electrons. The van der Waals surface area contributed by atoms with Crippen LogP contribution in [0.2, 0.25) is 0 Å². The Hall–Kier alpha value is -1.33. The van der Waals surface area contributed by atoms with Gasteiger partial charge in [-0.05, 0) is 6.07 Å². The molecule has 1 unspecified atom stereocenters. The van der Waals surface area contributed by atoms with E-state index in [-0.39, 0.29) is 5.75 Å². The van der Waals surface area contributed by atoms with E-state index in [4.69, 9.17) is 10.2 Å². The number of rotatable bonds is 0. The third-order valence-electron chi connectivity index (χ3n) is 1.71. The Morgan fingerprint density at radius 2 is 2.42 bits per heavy atom. The van der Waals surface area contributed by atoms with E-state index in [1.807, 2.05) is 0 Å². The highest BCUT2D eigenvalue weighted by Gasteiger charge is 2.15. The molecule has 12 heavy (non-hydrogen) atoms. The fourth-order valence-electron chi connectivity index (χ4n) is 1.15. The van der Waals surface area contributed by atoms with Gasteiger partial charge in [0.05, 0.1) is 6.20 Å². The van der Waals surface area contributed by atoms with E-state index in [0.29, 0.717) is 12.4 Å². The summed E-state index contributed by atoms with van der Waals surface area (Å²) in [7, 11) is 0. The van der Waals surface area contributed by atoms with Crippen LogP contribution in [0.25, 0.3) is 0 Å². The van der Waals surface area contributed by atoms with Crippen LogP contribution >= 0.6 is 0 Å². The lowest BCUT2D eigenvalue weighted by molar-refractivity contribution is 0.157. The maximum Gasteiger partial charge on any atom is 0.182 e. The van der Waals surface area contributed by atoms with Crippen molar-refractivity contribution in [3.63, 3.8) is 0 Å². The number of nitrogens with one attached hydrogen (secondary N) is 2. The van der Waals surface area contributed by atoms with Gasteiger partial charge < -0.3 is 15.5 Å². The molecule has 0 amide bonds. The maximum atomic E-state index is 9.10. The molecule has 0 saturated heterocycles. The number of fused-ring (bicyclic) bond motifs is 1. The van der Waals surface area contributed by atoms with Crippen LogP contribution in [-0.2, 0) is 6.54 Å². The Bertz CT molecular complexity index is 303. The van der Waals surface area contributed by atoms with Gasteiger partial charge in [0, 0.05) is 12.1 Å². The number of aromatic hydroxyl groups is 1. The zero-order chi connectivity index (χ0) is 8.55. The van der Waals surface area contributed by atoms with E-state index in [2.05, 4.69) is 15.6 Å². The van der Waals surface area contributed by atoms with Crippen LogP contribution < -0.4 is 10.6 Å². The summed E-state index contributed by atoms with van der Waals surface area (Å²) >= 11 is 0. The highest BCUT2D eigenvalue weighted by molar-refractivity contribution is 5.48. The number of pyridine rings is 1. The first kappa shape index (κ1) is 7.33. The second-order valence-electron chi connectivity index (χ2n) is 2.63. The van der Waals surface area contributed by atoms with Crippen molar-refractivity contribution >= 4 is 5.82 Å². The molecule has 4 N–H and O–H groups in total. The largest absolute Gasteiger partial charge is 0.506 e. The van der Waals surface area contributed by atoms with Gasteiger partial charge in [-0.25, -0.2) is 4.98 Å². The highest BCUT2D eigenvalue weighted by Crippen LogP contribution is 2.20. The van der Waals surface area contributed by atoms with E-state index in [1.54, 1.807) is 6.07 Å². The molecular formula is C7H9N3O2. The van der Waals surface area contributed by atoms with Crippen molar-refractivity contribution in [2.24, 2.45) is 0 Å². The third kappa shape index (κ3) is 1.19. The summed E-state index contributed by atoms with van der Waals surface area (Å²) < 4.78 is 0. The topological polar surface area (TPSA) is 77.4 Å². The second kappa shape index (κ2) is 2.62. The minimum absolute atomic E-state index is 0.133. The van der Waals surface area contributed by atoms with Crippen LogP contribution in [-0.4, -0.2) is 21.5 Å². The maximum absolute atomic E-state index is 9.10. The number of hydrogen-bond donors (Lipinski definition) is 4. The van der Waals surface area contributed by atoms with Crippen LogP contribution in [0.4, 0.5) is 5.82 Å². The smallest absolute Gasteiger partial charge is 0.182 e. The van der Waals surface area contributed by atoms with Gasteiger partial charge in [-0.15, -0.1) is 0 Å². The van der Waals surface area contributed by atoms with Crippen molar-refractivity contribution in [1.82, 2.24) is 10.3 Å². The second-order valence-corrected chi connectivity index (χ2v) is 2.63. The van der Waals surface area contributed by atoms with Gasteiger partial charge in [0.2, 0.25) is 0 Å². The molecular weight excluding hydrogens is 158 g/mol. The fourth-order valence-corrected chi connectivity index (χ4v) is 1.15. The van der Waals surface area contributed by atoms with E-state index < -0.39 is 6.35 Å². The van der Waals surface area contributed by atoms with Crippen molar-refractivity contribution < 1.29 is 10.2 Å². The average molecular weight is 167 g/mol. The lowest BCUT2D eigenvalue weighted by Crippen LogP contribution is -2.39. The number of aromatic nitrogens is 1. The molecule has 0 bridgehead atoms. The van der Waals surface area contributed by atoms with E-state index in [1.165, 1.54) is 6.20 Å². The van der Waals surface area contributed by atoms with Crippen LogP contribution in [0.15, 0.2) is 12.3 Å². The molecule has 0 fully saturated rings. The van der Waals surface area contributed by atoms with Crippen LogP contribution in [0, 0.1) is 0 Å². The summed E-state index contributed by atoms with van der Waals surface area (Å²) in [5, 5.41) is 23.6. The number of hydrogen-bond acceptors (Lipinski definition) is 5. The molecule has 1 aliphatic rings. The molecule has 5 heteroatoms. The molecule has 1 atom stereocenters. The minimum Gasteiger partial charge on any atom is -0.506 e. The monoisotopic (exact) mass is 167 g/mol. The minimum atomic E-state index is -0.755. The molecule has 1 aromatic rings. The van der Waals surface area contributed by atoms with Gasteiger partial charge in [0.15, 0.2) is 6.35 Å². The number of aliphatic hydroxyl groups is 1. The highest BCUT2D eigenvalue weighted by atomic mass is 16.3. The molecule has 2 heterocycles. The SMILES string of the molecule is Oc1cnc2c(c1)CNC(O)N2. The van der Waals surface area contributed by atoms with Crippen molar-refractivity contribution in [3.8, 4) is 5.75 Å². The summed E-state index contributed by atoms with van der Waals surface area (Å²) in [4.78, 5) is 3.91. The summed E-state index contributed by atoms with van der Waals surface area (Å²) in [5.74, 6) is 0.743. The van der Waals surface area contributed by atoms with E-state index in [9.17, 15) is 0 Å². The lowest BCUT2D eigenvalue weighted by atomic mass is 10.2. The summed E-state index contributed by atoms with van der Waals surface area (Å²) in [6, 6.07) is 1.61. The van der Waals surface area contributed by atoms with Gasteiger partial charge in [0.1, 0.15) is 11.6 Å². The number of nitrogens with zero attached hydrogens (tertiary/aromatic N) is 1. The molecule has 0 saturated carbocycles. The Morgan fingerprint density at radius 3 is 3.25 bits per heavy atom. The Balaban J connectivity index is 2.37. The van der Waals surface area contributed by atoms with Crippen molar-refractivity contribution in [1.29, 1.82) is 0 Å². The Morgan fingerprint density at radius 1 is 1.58 bits per heavy atom. The molecule has 1 aliphatic heterocycles.